The van der Waals surface area contributed by atoms with Crippen LogP contribution in [0, 0.1) is 23.2 Å². The van der Waals surface area contributed by atoms with Crippen molar-refractivity contribution in [1.29, 1.82) is 0 Å². The number of carbonyl (C=O) groups is 2. The molecule has 0 bridgehead atoms. The van der Waals surface area contributed by atoms with Crippen LogP contribution >= 0.6 is 0 Å². The van der Waals surface area contributed by atoms with Crippen LogP contribution in [0.25, 0.3) is 0 Å². The second kappa shape index (κ2) is 8.20. The zero-order valence-electron chi connectivity index (χ0n) is 20.2. The minimum atomic E-state index is -0.170. The number of likely N-dealkylation sites (tertiary alicyclic amines) is 1. The minimum absolute atomic E-state index is 0.0677. The van der Waals surface area contributed by atoms with E-state index in [1.165, 1.54) is 52.5 Å². The van der Waals surface area contributed by atoms with E-state index in [0.29, 0.717) is 6.61 Å². The second-order valence-corrected chi connectivity index (χ2v) is 11.5. The molecule has 5 nitrogen and oxygen atoms in total. The number of fused-ring (bicyclic) bond motifs is 5. The van der Waals surface area contributed by atoms with Crippen molar-refractivity contribution in [3.8, 4) is 0 Å². The van der Waals surface area contributed by atoms with Gasteiger partial charge >= 0.3 is 11.9 Å². The number of piperidine rings is 1. The van der Waals surface area contributed by atoms with Gasteiger partial charge in [0, 0.05) is 32.6 Å². The summed E-state index contributed by atoms with van der Waals surface area (Å²) < 4.78 is 12.0. The number of rotatable bonds is 4. The summed E-state index contributed by atoms with van der Waals surface area (Å²) in [6, 6.07) is 0. The predicted octanol–water partition coefficient (Wildman–Crippen LogP) is 4.64. The van der Waals surface area contributed by atoms with Gasteiger partial charge in [-0.1, -0.05) is 18.6 Å². The molecule has 7 atom stereocenters. The number of esters is 2. The van der Waals surface area contributed by atoms with Gasteiger partial charge in [0.2, 0.25) is 0 Å². The van der Waals surface area contributed by atoms with Gasteiger partial charge in [0.15, 0.2) is 0 Å². The monoisotopic (exact) mass is 432 g/mol. The van der Waals surface area contributed by atoms with E-state index >= 15 is 0 Å². The molecule has 174 valence electrons. The lowest BCUT2D eigenvalue weighted by atomic mass is 9.47. The Morgan fingerprint density at radius 1 is 1.10 bits per heavy atom. The summed E-state index contributed by atoms with van der Waals surface area (Å²) in [5.74, 6) is 1.89. The van der Waals surface area contributed by atoms with Crippen molar-refractivity contribution < 1.29 is 23.5 Å². The van der Waals surface area contributed by atoms with E-state index in [2.05, 4.69) is 27.0 Å². The first kappa shape index (κ1) is 22.8. The van der Waals surface area contributed by atoms with Crippen molar-refractivity contribution in [1.82, 2.24) is 0 Å². The van der Waals surface area contributed by atoms with Crippen LogP contribution in [0.5, 0.6) is 0 Å². The molecule has 1 saturated heterocycles. The fraction of sp³-hybridized carbons (Fsp3) is 0.846. The lowest BCUT2D eigenvalue weighted by molar-refractivity contribution is -0.969. The Morgan fingerprint density at radius 3 is 2.58 bits per heavy atom. The van der Waals surface area contributed by atoms with Crippen LogP contribution in [0.1, 0.15) is 79.1 Å². The van der Waals surface area contributed by atoms with Crippen LogP contribution in [-0.4, -0.2) is 54.8 Å². The Labute approximate surface area is 188 Å². The maximum atomic E-state index is 11.5. The molecular formula is C26H42NO4+. The zero-order valence-corrected chi connectivity index (χ0v) is 20.2. The van der Waals surface area contributed by atoms with Crippen LogP contribution in [0.4, 0.5) is 0 Å². The zero-order chi connectivity index (χ0) is 22.4. The number of quaternary nitrogens is 1. The van der Waals surface area contributed by atoms with Gasteiger partial charge < -0.3 is 14.0 Å². The summed E-state index contributed by atoms with van der Waals surface area (Å²) in [5, 5.41) is 0. The number of carbonyl (C=O) groups excluding carboxylic acids is 2. The molecule has 0 radical (unpaired) electrons. The first-order chi connectivity index (χ1) is 14.6. The Balaban J connectivity index is 1.55. The van der Waals surface area contributed by atoms with E-state index in [-0.39, 0.29) is 29.0 Å². The molecule has 1 unspecified atom stereocenters. The van der Waals surface area contributed by atoms with Crippen molar-refractivity contribution in [2.75, 3.05) is 26.7 Å². The van der Waals surface area contributed by atoms with Crippen LogP contribution in [0.3, 0.4) is 0 Å². The lowest BCUT2D eigenvalue weighted by Gasteiger charge is -2.64. The molecule has 4 aliphatic rings. The fourth-order valence-corrected chi connectivity index (χ4v) is 8.13. The van der Waals surface area contributed by atoms with Gasteiger partial charge in [-0.15, -0.1) is 0 Å². The third kappa shape index (κ3) is 3.85. The van der Waals surface area contributed by atoms with Crippen molar-refractivity contribution in [2.45, 2.75) is 90.7 Å². The molecule has 0 aromatic heterocycles. The number of ether oxygens (including phenoxy) is 2. The van der Waals surface area contributed by atoms with Crippen LogP contribution in [-0.2, 0) is 19.1 Å². The number of nitrogens with zero attached hydrogens (tertiary/aromatic N) is 1. The summed E-state index contributed by atoms with van der Waals surface area (Å²) in [7, 11) is 2.41. The highest BCUT2D eigenvalue weighted by molar-refractivity contribution is 5.66. The molecule has 0 N–H and O–H groups in total. The first-order valence-corrected chi connectivity index (χ1v) is 12.4. The van der Waals surface area contributed by atoms with Gasteiger partial charge in [-0.2, -0.15) is 0 Å². The maximum Gasteiger partial charge on any atom is 0.302 e. The Bertz CT molecular complexity index is 763. The standard InChI is InChI=1S/C26H42NO4/c1-18(28)30-16-15-27(5)14-6-7-24-22-9-8-20-17-21(31-19(2)29)10-12-25(20,3)23(22)11-13-26(24,27)4/h8,21-24H,6-7,9-17H2,1-5H3/q+1/t21-,22+,23-,24-,25-,26-,27?/m0/s1. The SMILES string of the molecule is CC(=O)OCC[N+]1(C)CCC[C@H]2[C@@H]3CC=C4C[C@@H](OC(C)=O)CC[C@]4(C)[C@H]3CC[C@@]21C. The molecule has 0 spiro atoms. The number of hydrogen-bond acceptors (Lipinski definition) is 4. The van der Waals surface area contributed by atoms with Crippen LogP contribution in [0.2, 0.25) is 0 Å². The maximum absolute atomic E-state index is 11.5. The summed E-state index contributed by atoms with van der Waals surface area (Å²) in [6.07, 6.45) is 12.0. The highest BCUT2D eigenvalue weighted by Gasteiger charge is 2.61. The quantitative estimate of drug-likeness (QED) is 0.369. The Morgan fingerprint density at radius 2 is 1.87 bits per heavy atom. The minimum Gasteiger partial charge on any atom is -0.462 e. The molecular weight excluding hydrogens is 390 g/mol. The third-order valence-corrected chi connectivity index (χ3v) is 10.0. The number of likely N-dealkylation sites (N-methyl/N-ethyl adjacent to an activating group) is 1. The van der Waals surface area contributed by atoms with E-state index in [1.807, 2.05) is 0 Å². The molecule has 0 aromatic rings. The van der Waals surface area contributed by atoms with E-state index < -0.39 is 0 Å². The molecule has 0 aromatic carbocycles. The molecule has 31 heavy (non-hydrogen) atoms. The molecule has 0 amide bonds. The average Bonchev–Trinajstić information content (AvgIpc) is 2.68. The third-order valence-electron chi connectivity index (χ3n) is 10.0. The summed E-state index contributed by atoms with van der Waals surface area (Å²) in [6.45, 7) is 10.7. The molecule has 2 saturated carbocycles. The topological polar surface area (TPSA) is 52.6 Å². The number of allylic oxidation sites excluding steroid dienone is 1. The van der Waals surface area contributed by atoms with Crippen molar-refractivity contribution in [3.05, 3.63) is 11.6 Å². The highest BCUT2D eigenvalue weighted by atomic mass is 16.5. The van der Waals surface area contributed by atoms with Gasteiger partial charge in [0.1, 0.15) is 19.3 Å². The van der Waals surface area contributed by atoms with Crippen LogP contribution in [0.15, 0.2) is 11.6 Å². The Kier molecular flexibility index (Phi) is 6.04. The summed E-state index contributed by atoms with van der Waals surface area (Å²) in [5.41, 5.74) is 2.08. The second-order valence-electron chi connectivity index (χ2n) is 11.5. The smallest absolute Gasteiger partial charge is 0.302 e. The van der Waals surface area contributed by atoms with E-state index in [9.17, 15) is 9.59 Å². The highest BCUT2D eigenvalue weighted by Crippen LogP contribution is 2.62. The molecule has 4 rings (SSSR count). The molecule has 1 heterocycles. The molecule has 3 aliphatic carbocycles. The van der Waals surface area contributed by atoms with Crippen molar-refractivity contribution in [2.24, 2.45) is 23.2 Å². The van der Waals surface area contributed by atoms with Crippen molar-refractivity contribution in [3.63, 3.8) is 0 Å². The Hall–Kier alpha value is -1.36. The van der Waals surface area contributed by atoms with E-state index in [0.717, 1.165) is 48.0 Å². The van der Waals surface area contributed by atoms with Gasteiger partial charge in [0.05, 0.1) is 19.1 Å². The predicted molar refractivity (Wildman–Crippen MR) is 120 cm³/mol. The van der Waals surface area contributed by atoms with E-state index in [1.54, 1.807) is 5.57 Å². The van der Waals surface area contributed by atoms with Gasteiger partial charge in [0.25, 0.3) is 0 Å². The van der Waals surface area contributed by atoms with Gasteiger partial charge in [-0.25, -0.2) is 0 Å². The van der Waals surface area contributed by atoms with Gasteiger partial charge in [-0.3, -0.25) is 9.59 Å². The average molecular weight is 433 g/mol. The van der Waals surface area contributed by atoms with Gasteiger partial charge in [-0.05, 0) is 62.7 Å². The molecule has 1 aliphatic heterocycles. The van der Waals surface area contributed by atoms with Crippen molar-refractivity contribution >= 4 is 11.9 Å². The fourth-order valence-electron chi connectivity index (χ4n) is 8.13. The number of hydrogen-bond donors (Lipinski definition) is 0. The van der Waals surface area contributed by atoms with Crippen LogP contribution < -0.4 is 0 Å². The molecule has 3 fully saturated rings. The summed E-state index contributed by atoms with van der Waals surface area (Å²) in [4.78, 5) is 22.8. The lowest BCUT2D eigenvalue weighted by Crippen LogP contribution is -2.71. The van der Waals surface area contributed by atoms with E-state index in [4.69, 9.17) is 9.47 Å². The summed E-state index contributed by atoms with van der Waals surface area (Å²) >= 11 is 0. The first-order valence-electron chi connectivity index (χ1n) is 12.4. The molecule has 5 heteroatoms. The normalized spacial score (nSPS) is 44.2. The largest absolute Gasteiger partial charge is 0.462 e.